The van der Waals surface area contributed by atoms with Crippen LogP contribution in [0.25, 0.3) is 0 Å². The van der Waals surface area contributed by atoms with Gasteiger partial charge in [-0.2, -0.15) is 0 Å². The van der Waals surface area contributed by atoms with Crippen LogP contribution in [-0.4, -0.2) is 26.1 Å². The largest absolute Gasteiger partial charge is 0.491 e. The molecule has 0 spiro atoms. The van der Waals surface area contributed by atoms with Crippen LogP contribution in [0.1, 0.15) is 13.3 Å². The first-order chi connectivity index (χ1) is 8.72. The third-order valence-electron chi connectivity index (χ3n) is 2.39. The van der Waals surface area contributed by atoms with Gasteiger partial charge in [-0.1, -0.05) is 0 Å². The molecule has 0 bridgehead atoms. The van der Waals surface area contributed by atoms with E-state index < -0.39 is 0 Å². The highest BCUT2D eigenvalue weighted by atomic mass is 16.5. The van der Waals surface area contributed by atoms with E-state index in [2.05, 4.69) is 23.3 Å². The van der Waals surface area contributed by atoms with Crippen molar-refractivity contribution in [1.82, 2.24) is 0 Å². The Morgan fingerprint density at radius 2 is 2.28 bits per heavy atom. The molecule has 1 aromatic rings. The first kappa shape index (κ1) is 14.0. The molecule has 6 nitrogen and oxygen atoms in total. The highest BCUT2D eigenvalue weighted by molar-refractivity contribution is 5.78. The molecule has 1 aliphatic rings. The Balaban J connectivity index is 0.000000492. The normalized spacial score (nSPS) is 12.7. The number of rotatable bonds is 2. The summed E-state index contributed by atoms with van der Waals surface area (Å²) in [4.78, 5) is 8.58. The molecule has 0 unspecified atom stereocenters. The SMILES string of the molecule is CCNc1cc(N)c2c(c1)OCCCN2.NC=O. The topological polar surface area (TPSA) is 102 Å². The van der Waals surface area contributed by atoms with Gasteiger partial charge in [0.2, 0.25) is 6.41 Å². The van der Waals surface area contributed by atoms with E-state index in [1.54, 1.807) is 0 Å². The Hall–Kier alpha value is -2.11. The molecule has 0 aliphatic carbocycles. The minimum Gasteiger partial charge on any atom is -0.491 e. The maximum Gasteiger partial charge on any atom is 0.204 e. The number of carbonyl (C=O) groups excluding carboxylic acids is 1. The van der Waals surface area contributed by atoms with E-state index in [0.29, 0.717) is 0 Å². The number of anilines is 3. The van der Waals surface area contributed by atoms with E-state index in [1.165, 1.54) is 0 Å². The minimum atomic E-state index is 0.250. The lowest BCUT2D eigenvalue weighted by atomic mass is 10.2. The number of ether oxygens (including phenoxy) is 1. The van der Waals surface area contributed by atoms with Gasteiger partial charge in [0.25, 0.3) is 0 Å². The fourth-order valence-electron chi connectivity index (χ4n) is 1.71. The quantitative estimate of drug-likeness (QED) is 0.464. The standard InChI is InChI=1S/C11H17N3O.CH3NO/c1-2-13-8-6-9(12)11-10(7-8)15-5-3-4-14-11;2-1-3/h6-7,13-14H,2-5,12H2,1H3;1H,(H2,2,3). The van der Waals surface area contributed by atoms with Gasteiger partial charge in [0.15, 0.2) is 0 Å². The summed E-state index contributed by atoms with van der Waals surface area (Å²) < 4.78 is 5.63. The number of hydrogen-bond acceptors (Lipinski definition) is 5. The molecule has 1 aromatic carbocycles. The van der Waals surface area contributed by atoms with Crippen molar-refractivity contribution in [2.45, 2.75) is 13.3 Å². The second-order valence-corrected chi connectivity index (χ2v) is 3.73. The Labute approximate surface area is 107 Å². The zero-order valence-corrected chi connectivity index (χ0v) is 10.5. The van der Waals surface area contributed by atoms with Gasteiger partial charge in [0, 0.05) is 24.8 Å². The summed E-state index contributed by atoms with van der Waals surface area (Å²) in [7, 11) is 0. The maximum atomic E-state index is 8.58. The van der Waals surface area contributed by atoms with Gasteiger partial charge in [-0.15, -0.1) is 0 Å². The second kappa shape index (κ2) is 7.26. The van der Waals surface area contributed by atoms with Crippen LogP contribution in [0, 0.1) is 0 Å². The fourth-order valence-corrected chi connectivity index (χ4v) is 1.71. The lowest BCUT2D eigenvalue weighted by Crippen LogP contribution is -2.03. The molecule has 0 atom stereocenters. The number of carbonyl (C=O) groups is 1. The lowest BCUT2D eigenvalue weighted by Gasteiger charge is -2.13. The summed E-state index contributed by atoms with van der Waals surface area (Å²) in [6.45, 7) is 4.60. The lowest BCUT2D eigenvalue weighted by molar-refractivity contribution is -0.106. The number of amides is 1. The van der Waals surface area contributed by atoms with E-state index in [4.69, 9.17) is 15.3 Å². The number of nitrogens with one attached hydrogen (secondary N) is 2. The molecule has 0 aromatic heterocycles. The molecular weight excluding hydrogens is 232 g/mol. The van der Waals surface area contributed by atoms with Crippen molar-refractivity contribution >= 4 is 23.5 Å². The zero-order valence-electron chi connectivity index (χ0n) is 10.5. The molecule has 1 heterocycles. The van der Waals surface area contributed by atoms with Gasteiger partial charge in [0.1, 0.15) is 11.4 Å². The third kappa shape index (κ3) is 3.73. The summed E-state index contributed by atoms with van der Waals surface area (Å²) in [5.41, 5.74) is 12.8. The average Bonchev–Trinajstić information content (AvgIpc) is 2.56. The molecule has 1 amide bonds. The first-order valence-electron chi connectivity index (χ1n) is 5.92. The molecule has 6 N–H and O–H groups in total. The van der Waals surface area contributed by atoms with E-state index >= 15 is 0 Å². The van der Waals surface area contributed by atoms with Crippen LogP contribution >= 0.6 is 0 Å². The highest BCUT2D eigenvalue weighted by Crippen LogP contribution is 2.35. The van der Waals surface area contributed by atoms with Gasteiger partial charge < -0.3 is 26.8 Å². The first-order valence-corrected chi connectivity index (χ1v) is 5.92. The van der Waals surface area contributed by atoms with Crippen molar-refractivity contribution in [1.29, 1.82) is 0 Å². The van der Waals surface area contributed by atoms with Gasteiger partial charge >= 0.3 is 0 Å². The number of hydrogen-bond donors (Lipinski definition) is 4. The third-order valence-corrected chi connectivity index (χ3v) is 2.39. The predicted octanol–water partition coefficient (Wildman–Crippen LogP) is 0.996. The molecule has 18 heavy (non-hydrogen) atoms. The number of fused-ring (bicyclic) bond motifs is 1. The Morgan fingerprint density at radius 3 is 2.94 bits per heavy atom. The second-order valence-electron chi connectivity index (χ2n) is 3.73. The molecule has 0 fully saturated rings. The summed E-state index contributed by atoms with van der Waals surface area (Å²) in [6.07, 6.45) is 1.25. The molecule has 1 aliphatic heterocycles. The minimum absolute atomic E-state index is 0.250. The average molecular weight is 252 g/mol. The van der Waals surface area contributed by atoms with E-state index in [9.17, 15) is 0 Å². The smallest absolute Gasteiger partial charge is 0.204 e. The molecular formula is C12H20N4O2. The van der Waals surface area contributed by atoms with Crippen molar-refractivity contribution in [2.24, 2.45) is 5.73 Å². The van der Waals surface area contributed by atoms with Crippen LogP contribution in [-0.2, 0) is 4.79 Å². The monoisotopic (exact) mass is 252 g/mol. The van der Waals surface area contributed by atoms with Gasteiger partial charge in [-0.25, -0.2) is 0 Å². The molecule has 0 saturated heterocycles. The van der Waals surface area contributed by atoms with E-state index in [0.717, 1.165) is 48.9 Å². The Kier molecular flexibility index (Phi) is 5.63. The van der Waals surface area contributed by atoms with Gasteiger partial charge in [-0.05, 0) is 19.4 Å². The highest BCUT2D eigenvalue weighted by Gasteiger charge is 2.12. The van der Waals surface area contributed by atoms with Gasteiger partial charge in [-0.3, -0.25) is 4.79 Å². The van der Waals surface area contributed by atoms with Crippen molar-refractivity contribution in [3.63, 3.8) is 0 Å². The van der Waals surface area contributed by atoms with Crippen molar-refractivity contribution < 1.29 is 9.53 Å². The molecule has 100 valence electrons. The van der Waals surface area contributed by atoms with Crippen LogP contribution in [0.3, 0.4) is 0 Å². The Bertz CT molecular complexity index is 396. The van der Waals surface area contributed by atoms with Crippen LogP contribution in [0.15, 0.2) is 12.1 Å². The predicted molar refractivity (Wildman–Crippen MR) is 73.9 cm³/mol. The molecule has 0 saturated carbocycles. The van der Waals surface area contributed by atoms with Crippen LogP contribution in [0.5, 0.6) is 5.75 Å². The van der Waals surface area contributed by atoms with Crippen LogP contribution in [0.4, 0.5) is 17.1 Å². The summed E-state index contributed by atoms with van der Waals surface area (Å²) in [5.74, 6) is 0.850. The van der Waals surface area contributed by atoms with E-state index in [-0.39, 0.29) is 6.41 Å². The van der Waals surface area contributed by atoms with Crippen molar-refractivity contribution in [3.8, 4) is 5.75 Å². The number of primary amides is 1. The summed E-state index contributed by atoms with van der Waals surface area (Å²) in [6, 6.07) is 3.93. The molecule has 2 rings (SSSR count). The fraction of sp³-hybridized carbons (Fsp3) is 0.417. The van der Waals surface area contributed by atoms with Crippen molar-refractivity contribution in [2.75, 3.05) is 36.1 Å². The number of nitrogens with two attached hydrogens (primary N) is 2. The summed E-state index contributed by atoms with van der Waals surface area (Å²) >= 11 is 0. The Morgan fingerprint density at radius 1 is 1.56 bits per heavy atom. The zero-order chi connectivity index (χ0) is 13.4. The molecule has 6 heteroatoms. The number of nitrogen functional groups attached to an aromatic ring is 1. The van der Waals surface area contributed by atoms with E-state index in [1.807, 2.05) is 12.1 Å². The van der Waals surface area contributed by atoms with Crippen molar-refractivity contribution in [3.05, 3.63) is 12.1 Å². The molecule has 0 radical (unpaired) electrons. The number of benzene rings is 1. The maximum absolute atomic E-state index is 8.58. The van der Waals surface area contributed by atoms with Gasteiger partial charge in [0.05, 0.1) is 12.3 Å². The van der Waals surface area contributed by atoms with Crippen LogP contribution < -0.4 is 26.8 Å². The summed E-state index contributed by atoms with van der Waals surface area (Å²) in [5, 5.41) is 6.52. The van der Waals surface area contributed by atoms with Crippen LogP contribution in [0.2, 0.25) is 0 Å².